The third-order valence-electron chi connectivity index (χ3n) is 2.44. The molecule has 0 spiro atoms. The molecule has 0 fully saturated rings. The maximum absolute atomic E-state index is 13.1. The molecule has 0 aliphatic carbocycles. The molecule has 14 heavy (non-hydrogen) atoms. The largest absolute Gasteiger partial charge is 0.398 e. The third kappa shape index (κ3) is 2.04. The van der Waals surface area contributed by atoms with Crippen LogP contribution in [-0.4, -0.2) is 0 Å². The van der Waals surface area contributed by atoms with Gasteiger partial charge in [0.05, 0.1) is 0 Å². The maximum atomic E-state index is 13.1. The van der Waals surface area contributed by atoms with Crippen LogP contribution in [0.5, 0.6) is 0 Å². The molecule has 0 saturated heterocycles. The van der Waals surface area contributed by atoms with Gasteiger partial charge in [0, 0.05) is 11.7 Å². The molecular formula is C11H17FN2. The standard InChI is InChI=1S/C11H17FN2/c1-6(2)11(14)8-4-7(3)9(12)5-10(8)13/h4-6,11H,13-14H2,1-3H3. The molecule has 78 valence electrons. The summed E-state index contributed by atoms with van der Waals surface area (Å²) in [5, 5.41) is 0. The molecule has 0 aliphatic heterocycles. The number of aryl methyl sites for hydroxylation is 1. The molecule has 0 heterocycles. The van der Waals surface area contributed by atoms with Crippen molar-refractivity contribution in [2.24, 2.45) is 11.7 Å². The van der Waals surface area contributed by atoms with Crippen molar-refractivity contribution < 1.29 is 4.39 Å². The summed E-state index contributed by atoms with van der Waals surface area (Å²) in [5.41, 5.74) is 13.5. The lowest BCUT2D eigenvalue weighted by Gasteiger charge is -2.18. The number of halogens is 1. The second kappa shape index (κ2) is 3.96. The zero-order valence-electron chi connectivity index (χ0n) is 8.84. The average molecular weight is 196 g/mol. The van der Waals surface area contributed by atoms with E-state index in [2.05, 4.69) is 0 Å². The van der Waals surface area contributed by atoms with Crippen LogP contribution < -0.4 is 11.5 Å². The van der Waals surface area contributed by atoms with Crippen molar-refractivity contribution in [1.29, 1.82) is 0 Å². The van der Waals surface area contributed by atoms with Crippen molar-refractivity contribution in [2.75, 3.05) is 5.73 Å². The Morgan fingerprint density at radius 1 is 1.29 bits per heavy atom. The van der Waals surface area contributed by atoms with Crippen LogP contribution in [0.2, 0.25) is 0 Å². The Kier molecular flexibility index (Phi) is 3.11. The highest BCUT2D eigenvalue weighted by molar-refractivity contribution is 5.50. The summed E-state index contributed by atoms with van der Waals surface area (Å²) < 4.78 is 13.1. The van der Waals surface area contributed by atoms with Crippen LogP contribution in [0.1, 0.15) is 31.0 Å². The van der Waals surface area contributed by atoms with E-state index >= 15 is 0 Å². The SMILES string of the molecule is Cc1cc(C(N)C(C)C)c(N)cc1F. The first-order valence-corrected chi connectivity index (χ1v) is 4.74. The number of rotatable bonds is 2. The van der Waals surface area contributed by atoms with Gasteiger partial charge in [-0.05, 0) is 36.1 Å². The molecule has 1 aromatic rings. The summed E-state index contributed by atoms with van der Waals surface area (Å²) in [6.45, 7) is 5.75. The van der Waals surface area contributed by atoms with Gasteiger partial charge in [-0.1, -0.05) is 13.8 Å². The Bertz CT molecular complexity index is 334. The van der Waals surface area contributed by atoms with Crippen LogP contribution in [0.25, 0.3) is 0 Å². The minimum absolute atomic E-state index is 0.130. The minimum atomic E-state index is -0.276. The Morgan fingerprint density at radius 2 is 1.86 bits per heavy atom. The molecule has 0 aliphatic rings. The van der Waals surface area contributed by atoms with Crippen LogP contribution in [0.15, 0.2) is 12.1 Å². The smallest absolute Gasteiger partial charge is 0.128 e. The van der Waals surface area contributed by atoms with Crippen molar-refractivity contribution in [3.63, 3.8) is 0 Å². The molecular weight excluding hydrogens is 179 g/mol. The molecule has 4 N–H and O–H groups in total. The predicted octanol–water partition coefficient (Wildman–Crippen LogP) is 2.37. The van der Waals surface area contributed by atoms with Crippen molar-refractivity contribution >= 4 is 5.69 Å². The van der Waals surface area contributed by atoms with E-state index in [-0.39, 0.29) is 11.9 Å². The van der Waals surface area contributed by atoms with Gasteiger partial charge < -0.3 is 11.5 Å². The van der Waals surface area contributed by atoms with Gasteiger partial charge in [-0.2, -0.15) is 0 Å². The van der Waals surface area contributed by atoms with Crippen LogP contribution in [0.4, 0.5) is 10.1 Å². The van der Waals surface area contributed by atoms with E-state index in [1.807, 2.05) is 13.8 Å². The lowest BCUT2D eigenvalue weighted by Crippen LogP contribution is -2.18. The molecule has 0 radical (unpaired) electrons. The van der Waals surface area contributed by atoms with Crippen molar-refractivity contribution in [1.82, 2.24) is 0 Å². The minimum Gasteiger partial charge on any atom is -0.398 e. The van der Waals surface area contributed by atoms with E-state index in [0.717, 1.165) is 5.56 Å². The fourth-order valence-electron chi connectivity index (χ4n) is 1.37. The Labute approximate surface area is 84.1 Å². The number of hydrogen-bond acceptors (Lipinski definition) is 2. The summed E-state index contributed by atoms with van der Waals surface area (Å²) >= 11 is 0. The van der Waals surface area contributed by atoms with E-state index in [1.54, 1.807) is 13.0 Å². The number of anilines is 1. The molecule has 0 aromatic heterocycles. The van der Waals surface area contributed by atoms with E-state index in [0.29, 0.717) is 17.2 Å². The lowest BCUT2D eigenvalue weighted by molar-refractivity contribution is 0.513. The second-order valence-electron chi connectivity index (χ2n) is 4.00. The zero-order chi connectivity index (χ0) is 10.9. The number of nitrogen functional groups attached to an aromatic ring is 1. The van der Waals surface area contributed by atoms with E-state index in [1.165, 1.54) is 6.07 Å². The van der Waals surface area contributed by atoms with Gasteiger partial charge in [0.1, 0.15) is 5.82 Å². The first-order chi connectivity index (χ1) is 6.43. The van der Waals surface area contributed by atoms with Crippen molar-refractivity contribution in [2.45, 2.75) is 26.8 Å². The molecule has 1 rings (SSSR count). The van der Waals surface area contributed by atoms with E-state index in [9.17, 15) is 4.39 Å². The van der Waals surface area contributed by atoms with Gasteiger partial charge >= 0.3 is 0 Å². The normalized spacial score (nSPS) is 13.3. The quantitative estimate of drug-likeness (QED) is 0.713. The summed E-state index contributed by atoms with van der Waals surface area (Å²) in [7, 11) is 0. The highest BCUT2D eigenvalue weighted by Crippen LogP contribution is 2.26. The van der Waals surface area contributed by atoms with Crippen LogP contribution >= 0.6 is 0 Å². The fraction of sp³-hybridized carbons (Fsp3) is 0.455. The zero-order valence-corrected chi connectivity index (χ0v) is 8.84. The number of benzene rings is 1. The van der Waals surface area contributed by atoms with Crippen LogP contribution in [0, 0.1) is 18.7 Å². The molecule has 1 unspecified atom stereocenters. The molecule has 0 amide bonds. The Hall–Kier alpha value is -1.09. The van der Waals surface area contributed by atoms with Crippen LogP contribution in [0.3, 0.4) is 0 Å². The third-order valence-corrected chi connectivity index (χ3v) is 2.44. The summed E-state index contributed by atoms with van der Waals surface area (Å²) in [4.78, 5) is 0. The average Bonchev–Trinajstić information content (AvgIpc) is 2.10. The highest BCUT2D eigenvalue weighted by atomic mass is 19.1. The Balaban J connectivity index is 3.15. The lowest BCUT2D eigenvalue weighted by atomic mass is 9.94. The van der Waals surface area contributed by atoms with Gasteiger partial charge in [-0.25, -0.2) is 4.39 Å². The number of nitrogens with two attached hydrogens (primary N) is 2. The fourth-order valence-corrected chi connectivity index (χ4v) is 1.37. The second-order valence-corrected chi connectivity index (χ2v) is 4.00. The summed E-state index contributed by atoms with van der Waals surface area (Å²) in [5.74, 6) is 0.0179. The molecule has 1 aromatic carbocycles. The van der Waals surface area contributed by atoms with Crippen LogP contribution in [-0.2, 0) is 0 Å². The Morgan fingerprint density at radius 3 is 2.36 bits per heavy atom. The first kappa shape index (κ1) is 11.0. The van der Waals surface area contributed by atoms with Gasteiger partial charge in [0.2, 0.25) is 0 Å². The topological polar surface area (TPSA) is 52.0 Å². The van der Waals surface area contributed by atoms with Gasteiger partial charge in [0.15, 0.2) is 0 Å². The van der Waals surface area contributed by atoms with Crippen molar-refractivity contribution in [3.8, 4) is 0 Å². The molecule has 3 heteroatoms. The highest BCUT2D eigenvalue weighted by Gasteiger charge is 2.15. The van der Waals surface area contributed by atoms with Gasteiger partial charge in [-0.3, -0.25) is 0 Å². The summed E-state index contributed by atoms with van der Waals surface area (Å²) in [6.07, 6.45) is 0. The van der Waals surface area contributed by atoms with Gasteiger partial charge in [0.25, 0.3) is 0 Å². The number of hydrogen-bond donors (Lipinski definition) is 2. The predicted molar refractivity (Wildman–Crippen MR) is 57.3 cm³/mol. The molecule has 2 nitrogen and oxygen atoms in total. The molecule has 0 saturated carbocycles. The van der Waals surface area contributed by atoms with Crippen molar-refractivity contribution in [3.05, 3.63) is 29.1 Å². The summed E-state index contributed by atoms with van der Waals surface area (Å²) in [6, 6.07) is 2.94. The van der Waals surface area contributed by atoms with Gasteiger partial charge in [-0.15, -0.1) is 0 Å². The monoisotopic (exact) mass is 196 g/mol. The van der Waals surface area contributed by atoms with E-state index in [4.69, 9.17) is 11.5 Å². The molecule has 0 bridgehead atoms. The molecule has 1 atom stereocenters. The van der Waals surface area contributed by atoms with E-state index < -0.39 is 0 Å². The maximum Gasteiger partial charge on any atom is 0.128 e. The first-order valence-electron chi connectivity index (χ1n) is 4.74.